The van der Waals surface area contributed by atoms with Gasteiger partial charge in [0.2, 0.25) is 0 Å². The number of nitrogens with zero attached hydrogens (tertiary/aromatic N) is 1. The van der Waals surface area contributed by atoms with Crippen LogP contribution in [0.25, 0.3) is 0 Å². The van der Waals surface area contributed by atoms with Gasteiger partial charge in [-0.3, -0.25) is 4.90 Å². The van der Waals surface area contributed by atoms with E-state index >= 15 is 0 Å². The second kappa shape index (κ2) is 7.54. The van der Waals surface area contributed by atoms with E-state index in [9.17, 15) is 4.79 Å². The molecule has 2 N–H and O–H groups in total. The molecule has 1 atom stereocenters. The van der Waals surface area contributed by atoms with Crippen LogP contribution in [0.15, 0.2) is 41.0 Å². The van der Waals surface area contributed by atoms with Gasteiger partial charge in [-0.25, -0.2) is 4.79 Å². The molecule has 0 aliphatic heterocycles. The van der Waals surface area contributed by atoms with Crippen LogP contribution in [0.4, 0.5) is 10.5 Å². The van der Waals surface area contributed by atoms with Crippen LogP contribution in [0.1, 0.15) is 11.8 Å². The summed E-state index contributed by atoms with van der Waals surface area (Å²) in [6.45, 7) is 0.410. The number of hydrogen-bond acceptors (Lipinski definition) is 3. The summed E-state index contributed by atoms with van der Waals surface area (Å²) in [7, 11) is 3.84. The minimum absolute atomic E-state index is 0.0467. The number of carbonyl (C=O) groups is 1. The fourth-order valence-electron chi connectivity index (χ4n) is 1.96. The Balaban J connectivity index is 1.92. The van der Waals surface area contributed by atoms with Gasteiger partial charge in [0.1, 0.15) is 5.76 Å². The summed E-state index contributed by atoms with van der Waals surface area (Å²) in [6.07, 6.45) is 1.61. The lowest BCUT2D eigenvalue weighted by atomic mass is 10.2. The first-order valence-corrected chi connectivity index (χ1v) is 7.42. The highest BCUT2D eigenvalue weighted by Crippen LogP contribution is 2.25. The van der Waals surface area contributed by atoms with Crippen molar-refractivity contribution in [2.75, 3.05) is 26.0 Å². The molecule has 1 heterocycles. The van der Waals surface area contributed by atoms with E-state index in [1.165, 1.54) is 0 Å². The summed E-state index contributed by atoms with van der Waals surface area (Å²) < 4.78 is 5.39. The van der Waals surface area contributed by atoms with Crippen LogP contribution < -0.4 is 10.6 Å². The van der Waals surface area contributed by atoms with Crippen LogP contribution in [-0.4, -0.2) is 31.6 Å². The van der Waals surface area contributed by atoms with E-state index in [0.717, 1.165) is 5.76 Å². The Morgan fingerprint density at radius 1 is 1.27 bits per heavy atom. The van der Waals surface area contributed by atoms with E-state index < -0.39 is 0 Å². The van der Waals surface area contributed by atoms with Crippen molar-refractivity contribution in [1.29, 1.82) is 0 Å². The number of benzene rings is 1. The maximum atomic E-state index is 12.0. The molecule has 7 heteroatoms. The first-order chi connectivity index (χ1) is 10.5. The monoisotopic (exact) mass is 341 g/mol. The summed E-state index contributed by atoms with van der Waals surface area (Å²) in [6, 6.07) is 8.24. The van der Waals surface area contributed by atoms with Crippen molar-refractivity contribution in [2.24, 2.45) is 0 Å². The molecule has 0 saturated carbocycles. The number of halogens is 2. The van der Waals surface area contributed by atoms with E-state index in [4.69, 9.17) is 27.6 Å². The van der Waals surface area contributed by atoms with Crippen molar-refractivity contribution in [2.45, 2.75) is 6.04 Å². The van der Waals surface area contributed by atoms with Gasteiger partial charge >= 0.3 is 6.03 Å². The normalized spacial score (nSPS) is 12.2. The number of rotatable bonds is 5. The quantitative estimate of drug-likeness (QED) is 0.863. The van der Waals surface area contributed by atoms with Gasteiger partial charge in [0.15, 0.2) is 0 Å². The Morgan fingerprint density at radius 3 is 2.64 bits per heavy atom. The van der Waals surface area contributed by atoms with E-state index in [2.05, 4.69) is 10.6 Å². The third-order valence-electron chi connectivity index (χ3n) is 3.13. The zero-order valence-corrected chi connectivity index (χ0v) is 13.8. The lowest BCUT2D eigenvalue weighted by Crippen LogP contribution is -2.36. The molecule has 22 heavy (non-hydrogen) atoms. The number of carbonyl (C=O) groups excluding carboxylic acids is 1. The molecule has 0 saturated heterocycles. The molecule has 1 aromatic carbocycles. The van der Waals surface area contributed by atoms with Crippen molar-refractivity contribution in [3.8, 4) is 0 Å². The smallest absolute Gasteiger partial charge is 0.319 e. The van der Waals surface area contributed by atoms with Gasteiger partial charge in [-0.15, -0.1) is 0 Å². The van der Waals surface area contributed by atoms with Crippen LogP contribution in [0.5, 0.6) is 0 Å². The molecule has 2 aromatic rings. The number of nitrogens with one attached hydrogen (secondary N) is 2. The summed E-state index contributed by atoms with van der Waals surface area (Å²) in [4.78, 5) is 13.9. The number of hydrogen-bond donors (Lipinski definition) is 2. The van der Waals surface area contributed by atoms with E-state index in [0.29, 0.717) is 22.3 Å². The third kappa shape index (κ3) is 4.40. The fourth-order valence-corrected chi connectivity index (χ4v) is 2.26. The van der Waals surface area contributed by atoms with Crippen molar-refractivity contribution in [3.63, 3.8) is 0 Å². The molecule has 2 amide bonds. The molecular formula is C15H17Cl2N3O2. The lowest BCUT2D eigenvalue weighted by molar-refractivity contribution is 0.233. The summed E-state index contributed by atoms with van der Waals surface area (Å²) in [5, 5.41) is 6.35. The standard InChI is InChI=1S/C15H17Cl2N3O2/c1-20(2)13(14-4-3-7-22-14)9-18-15(21)19-10-5-6-11(16)12(17)8-10/h3-8,13H,9H2,1-2H3,(H2,18,19,21). The van der Waals surface area contributed by atoms with Crippen molar-refractivity contribution < 1.29 is 9.21 Å². The number of furan rings is 1. The zero-order chi connectivity index (χ0) is 16.1. The Hall–Kier alpha value is -1.69. The molecule has 118 valence electrons. The van der Waals surface area contributed by atoms with Gasteiger partial charge in [0, 0.05) is 12.2 Å². The molecule has 0 bridgehead atoms. The van der Waals surface area contributed by atoms with Gasteiger partial charge in [-0.1, -0.05) is 23.2 Å². The molecule has 2 rings (SSSR count). The van der Waals surface area contributed by atoms with Crippen molar-refractivity contribution in [1.82, 2.24) is 10.2 Å². The molecular weight excluding hydrogens is 325 g/mol. The Morgan fingerprint density at radius 2 is 2.05 bits per heavy atom. The summed E-state index contributed by atoms with van der Waals surface area (Å²) in [5.74, 6) is 0.792. The Bertz CT molecular complexity index is 630. The van der Waals surface area contributed by atoms with Gasteiger partial charge in [-0.2, -0.15) is 0 Å². The fraction of sp³-hybridized carbons (Fsp3) is 0.267. The maximum absolute atomic E-state index is 12.0. The number of urea groups is 1. The largest absolute Gasteiger partial charge is 0.468 e. The van der Waals surface area contributed by atoms with Gasteiger partial charge in [0.25, 0.3) is 0 Å². The molecule has 0 radical (unpaired) electrons. The van der Waals surface area contributed by atoms with E-state index in [1.54, 1.807) is 24.5 Å². The highest BCUT2D eigenvalue weighted by Gasteiger charge is 2.17. The molecule has 0 fully saturated rings. The van der Waals surface area contributed by atoms with Crippen LogP contribution >= 0.6 is 23.2 Å². The number of likely N-dealkylation sites (N-methyl/N-ethyl adjacent to an activating group) is 1. The predicted molar refractivity (Wildman–Crippen MR) is 88.6 cm³/mol. The highest BCUT2D eigenvalue weighted by molar-refractivity contribution is 6.42. The second-order valence-electron chi connectivity index (χ2n) is 4.96. The SMILES string of the molecule is CN(C)C(CNC(=O)Nc1ccc(Cl)c(Cl)c1)c1ccco1. The molecule has 1 unspecified atom stereocenters. The van der Waals surface area contributed by atoms with Crippen LogP contribution in [0.3, 0.4) is 0 Å². The average molecular weight is 342 g/mol. The Kier molecular flexibility index (Phi) is 5.71. The predicted octanol–water partition coefficient (Wildman–Crippen LogP) is 4.01. The summed E-state index contributed by atoms with van der Waals surface area (Å²) in [5.41, 5.74) is 0.575. The number of anilines is 1. The minimum atomic E-state index is -0.322. The summed E-state index contributed by atoms with van der Waals surface area (Å²) >= 11 is 11.7. The molecule has 0 aliphatic rings. The van der Waals surface area contributed by atoms with E-state index in [-0.39, 0.29) is 12.1 Å². The van der Waals surface area contributed by atoms with Crippen LogP contribution in [0, 0.1) is 0 Å². The van der Waals surface area contributed by atoms with Gasteiger partial charge in [0.05, 0.1) is 22.4 Å². The average Bonchev–Trinajstić information content (AvgIpc) is 2.97. The Labute approximate surface area is 139 Å². The lowest BCUT2D eigenvalue weighted by Gasteiger charge is -2.22. The topological polar surface area (TPSA) is 57.5 Å². The first kappa shape index (κ1) is 16.7. The number of amides is 2. The van der Waals surface area contributed by atoms with Crippen LogP contribution in [-0.2, 0) is 0 Å². The second-order valence-corrected chi connectivity index (χ2v) is 5.77. The van der Waals surface area contributed by atoms with Crippen molar-refractivity contribution in [3.05, 3.63) is 52.4 Å². The molecule has 1 aromatic heterocycles. The van der Waals surface area contributed by atoms with Gasteiger partial charge in [-0.05, 0) is 44.4 Å². The molecule has 0 aliphatic carbocycles. The maximum Gasteiger partial charge on any atom is 0.319 e. The highest BCUT2D eigenvalue weighted by atomic mass is 35.5. The van der Waals surface area contributed by atoms with Crippen LogP contribution in [0.2, 0.25) is 10.0 Å². The third-order valence-corrected chi connectivity index (χ3v) is 3.87. The molecule has 0 spiro atoms. The molecule has 5 nitrogen and oxygen atoms in total. The van der Waals surface area contributed by atoms with Gasteiger partial charge < -0.3 is 15.1 Å². The van der Waals surface area contributed by atoms with E-state index in [1.807, 2.05) is 31.1 Å². The minimum Gasteiger partial charge on any atom is -0.468 e. The van der Waals surface area contributed by atoms with Crippen molar-refractivity contribution >= 4 is 34.9 Å². The zero-order valence-electron chi connectivity index (χ0n) is 12.3. The first-order valence-electron chi connectivity index (χ1n) is 6.67.